The molecule has 0 aromatic heterocycles. The van der Waals surface area contributed by atoms with Crippen molar-refractivity contribution in [3.8, 4) is 0 Å². The van der Waals surface area contributed by atoms with Crippen molar-refractivity contribution in [2.75, 3.05) is 7.11 Å². The molecular formula is C46H62N6O10. The Morgan fingerprint density at radius 2 is 1.05 bits per heavy atom. The molecule has 0 aliphatic rings. The zero-order valence-electron chi connectivity index (χ0n) is 36.5. The highest BCUT2D eigenvalue weighted by Crippen LogP contribution is 2.14. The van der Waals surface area contributed by atoms with E-state index >= 15 is 0 Å². The molecule has 336 valence electrons. The summed E-state index contributed by atoms with van der Waals surface area (Å²) in [5.41, 5.74) is 2.28. The van der Waals surface area contributed by atoms with E-state index in [1.807, 2.05) is 42.5 Å². The van der Waals surface area contributed by atoms with Crippen LogP contribution in [0.2, 0.25) is 0 Å². The lowest BCUT2D eigenvalue weighted by Gasteiger charge is -2.28. The molecular weight excluding hydrogens is 797 g/mol. The van der Waals surface area contributed by atoms with E-state index < -0.39 is 84.0 Å². The molecule has 0 bridgehead atoms. The number of aliphatic hydroxyl groups is 1. The van der Waals surface area contributed by atoms with Crippen LogP contribution in [0, 0.1) is 11.8 Å². The number of aliphatic hydroxyl groups excluding tert-OH is 1. The van der Waals surface area contributed by atoms with Crippen LogP contribution in [0.1, 0.15) is 71.1 Å². The molecule has 6 amide bonds. The fourth-order valence-electron chi connectivity index (χ4n) is 6.33. The van der Waals surface area contributed by atoms with Gasteiger partial charge in [-0.1, -0.05) is 119 Å². The van der Waals surface area contributed by atoms with E-state index in [4.69, 9.17) is 9.47 Å². The van der Waals surface area contributed by atoms with Crippen molar-refractivity contribution in [1.29, 1.82) is 0 Å². The Kier molecular flexibility index (Phi) is 20.6. The average molecular weight is 859 g/mol. The maximum Gasteiger partial charge on any atom is 0.408 e. The largest absolute Gasteiger partial charge is 0.467 e. The van der Waals surface area contributed by atoms with Gasteiger partial charge in [-0.3, -0.25) is 24.0 Å². The highest BCUT2D eigenvalue weighted by Gasteiger charge is 2.33. The number of amides is 6. The van der Waals surface area contributed by atoms with Gasteiger partial charge in [-0.25, -0.2) is 9.59 Å². The smallest absolute Gasteiger partial charge is 0.408 e. The van der Waals surface area contributed by atoms with Gasteiger partial charge < -0.3 is 46.5 Å². The average Bonchev–Trinajstić information content (AvgIpc) is 3.25. The van der Waals surface area contributed by atoms with E-state index in [0.29, 0.717) is 0 Å². The molecule has 7 N–H and O–H groups in total. The molecule has 0 aliphatic heterocycles. The Hall–Kier alpha value is -6.29. The van der Waals surface area contributed by atoms with Crippen molar-refractivity contribution in [2.24, 2.45) is 11.8 Å². The van der Waals surface area contributed by atoms with Crippen molar-refractivity contribution in [2.45, 2.75) is 116 Å². The summed E-state index contributed by atoms with van der Waals surface area (Å²) in [6, 6.07) is 20.9. The molecule has 3 aromatic carbocycles. The summed E-state index contributed by atoms with van der Waals surface area (Å²) in [4.78, 5) is 91.7. The first kappa shape index (κ1) is 50.1. The number of benzene rings is 3. The monoisotopic (exact) mass is 858 g/mol. The van der Waals surface area contributed by atoms with Crippen LogP contribution in [0.25, 0.3) is 0 Å². The lowest BCUT2D eigenvalue weighted by Crippen LogP contribution is -2.57. The van der Waals surface area contributed by atoms with Gasteiger partial charge in [0.15, 0.2) is 0 Å². The Bertz CT molecular complexity index is 1910. The lowest BCUT2D eigenvalue weighted by molar-refractivity contribution is -0.146. The minimum atomic E-state index is -1.25. The number of hydrogen-bond donors (Lipinski definition) is 7. The first-order valence-electron chi connectivity index (χ1n) is 20.8. The van der Waals surface area contributed by atoms with E-state index in [1.54, 1.807) is 76.2 Å². The maximum atomic E-state index is 14.1. The summed E-state index contributed by atoms with van der Waals surface area (Å²) in [5.74, 6) is -4.28. The van der Waals surface area contributed by atoms with Gasteiger partial charge in [-0.2, -0.15) is 0 Å². The minimum absolute atomic E-state index is 0.00190. The fourth-order valence-corrected chi connectivity index (χ4v) is 6.33. The first-order valence-corrected chi connectivity index (χ1v) is 20.8. The molecule has 0 aliphatic carbocycles. The zero-order valence-corrected chi connectivity index (χ0v) is 36.5. The number of nitrogens with one attached hydrogen (secondary N) is 6. The number of carbonyl (C=O) groups excluding carboxylic acids is 7. The van der Waals surface area contributed by atoms with E-state index in [-0.39, 0.29) is 44.1 Å². The highest BCUT2D eigenvalue weighted by atomic mass is 16.5. The van der Waals surface area contributed by atoms with E-state index in [1.165, 1.54) is 21.0 Å². The van der Waals surface area contributed by atoms with Gasteiger partial charge in [0, 0.05) is 12.8 Å². The first-order chi connectivity index (χ1) is 29.5. The number of esters is 1. The predicted octanol–water partition coefficient (Wildman–Crippen LogP) is 2.86. The third-order valence-corrected chi connectivity index (χ3v) is 10.1. The summed E-state index contributed by atoms with van der Waals surface area (Å²) in [6.45, 7) is 9.88. The van der Waals surface area contributed by atoms with Crippen molar-refractivity contribution >= 4 is 41.6 Å². The second kappa shape index (κ2) is 25.5. The molecule has 3 aromatic rings. The molecule has 0 radical (unpaired) electrons. The Balaban J connectivity index is 1.70. The SMILES string of the molecule is COC(=O)[C@@H](NC(=O)[C@@H](NC(=O)CC[C@H](O)[C@H](Cc1ccccc1)NC(=O)[C@H](Cc1ccccc1)NC(=O)[C@H](C)NC(=O)[C@H](C)NC(=O)OCc1ccccc1)C(C)C)C(C)C. The van der Waals surface area contributed by atoms with Crippen LogP contribution in [0.5, 0.6) is 0 Å². The zero-order chi connectivity index (χ0) is 45.8. The van der Waals surface area contributed by atoms with Crippen LogP contribution >= 0.6 is 0 Å². The number of hydrogen-bond acceptors (Lipinski definition) is 10. The van der Waals surface area contributed by atoms with Gasteiger partial charge >= 0.3 is 12.1 Å². The molecule has 7 atom stereocenters. The van der Waals surface area contributed by atoms with Gasteiger partial charge in [-0.05, 0) is 55.2 Å². The van der Waals surface area contributed by atoms with E-state index in [2.05, 4.69) is 31.9 Å². The Labute approximate surface area is 363 Å². The van der Waals surface area contributed by atoms with Crippen LogP contribution in [-0.2, 0) is 57.7 Å². The number of ether oxygens (including phenoxy) is 2. The Morgan fingerprint density at radius 1 is 0.548 bits per heavy atom. The molecule has 0 saturated heterocycles. The predicted molar refractivity (Wildman–Crippen MR) is 232 cm³/mol. The molecule has 0 fully saturated rings. The lowest BCUT2D eigenvalue weighted by atomic mass is 9.96. The van der Waals surface area contributed by atoms with Crippen molar-refractivity contribution in [1.82, 2.24) is 31.9 Å². The van der Waals surface area contributed by atoms with Crippen LogP contribution in [0.3, 0.4) is 0 Å². The summed E-state index contributed by atoms with van der Waals surface area (Å²) in [7, 11) is 1.23. The molecule has 3 rings (SSSR count). The normalized spacial score (nSPS) is 14.4. The molecule has 0 unspecified atom stereocenters. The molecule has 0 heterocycles. The van der Waals surface area contributed by atoms with Crippen molar-refractivity contribution < 1.29 is 48.1 Å². The second-order valence-corrected chi connectivity index (χ2v) is 15.9. The highest BCUT2D eigenvalue weighted by molar-refractivity contribution is 5.94. The summed E-state index contributed by atoms with van der Waals surface area (Å²) in [6.07, 6.45) is -2.14. The third kappa shape index (κ3) is 17.0. The van der Waals surface area contributed by atoms with Crippen LogP contribution in [0.4, 0.5) is 4.79 Å². The van der Waals surface area contributed by atoms with Gasteiger partial charge in [0.25, 0.3) is 0 Å². The fraction of sp³-hybridized carbons (Fsp3) is 0.457. The number of alkyl carbamates (subject to hydrolysis) is 1. The van der Waals surface area contributed by atoms with Gasteiger partial charge in [0.05, 0.1) is 19.3 Å². The third-order valence-electron chi connectivity index (χ3n) is 10.1. The quantitative estimate of drug-likeness (QED) is 0.0690. The summed E-state index contributed by atoms with van der Waals surface area (Å²) in [5, 5.41) is 27.5. The standard InChI is InChI=1S/C46H62N6O10/c1-28(2)39(44(58)52-40(29(3)4)45(59)61-7)51-38(54)24-23-37(53)35(25-32-17-11-8-12-18-32)49-43(57)36(26-33-19-13-9-14-20-33)50-42(56)30(5)47-41(55)31(6)48-46(60)62-27-34-21-15-10-16-22-34/h8-22,28-31,35-37,39-40,53H,23-27H2,1-7H3,(H,47,55)(H,48,60)(H,49,57)(H,50,56)(H,51,54)(H,52,58)/t30-,31-,35-,36-,37-,39-,40-/m0/s1. The molecule has 0 spiro atoms. The number of methoxy groups -OCH3 is 1. The minimum Gasteiger partial charge on any atom is -0.467 e. The number of carbonyl (C=O) groups is 7. The summed E-state index contributed by atoms with van der Waals surface area (Å²) >= 11 is 0. The molecule has 0 saturated carbocycles. The second-order valence-electron chi connectivity index (χ2n) is 15.9. The van der Waals surface area contributed by atoms with Gasteiger partial charge in [0.2, 0.25) is 29.5 Å². The maximum absolute atomic E-state index is 14.1. The van der Waals surface area contributed by atoms with E-state index in [0.717, 1.165) is 16.7 Å². The van der Waals surface area contributed by atoms with Crippen molar-refractivity contribution in [3.63, 3.8) is 0 Å². The topological polar surface area (TPSA) is 230 Å². The molecule has 16 heteroatoms. The molecule has 16 nitrogen and oxygen atoms in total. The summed E-state index contributed by atoms with van der Waals surface area (Å²) < 4.78 is 10.0. The van der Waals surface area contributed by atoms with Crippen LogP contribution in [-0.4, -0.2) is 96.2 Å². The van der Waals surface area contributed by atoms with Gasteiger partial charge in [0.1, 0.15) is 36.8 Å². The van der Waals surface area contributed by atoms with Crippen LogP contribution < -0.4 is 31.9 Å². The molecule has 62 heavy (non-hydrogen) atoms. The van der Waals surface area contributed by atoms with Crippen LogP contribution in [0.15, 0.2) is 91.0 Å². The number of rotatable bonds is 23. The Morgan fingerprint density at radius 3 is 1.58 bits per heavy atom. The van der Waals surface area contributed by atoms with Crippen molar-refractivity contribution in [3.05, 3.63) is 108 Å². The van der Waals surface area contributed by atoms with Gasteiger partial charge in [-0.15, -0.1) is 0 Å². The van der Waals surface area contributed by atoms with E-state index in [9.17, 15) is 38.7 Å².